The molecule has 0 aromatic rings. The summed E-state index contributed by atoms with van der Waals surface area (Å²) in [7, 11) is -5.14. The fourth-order valence-corrected chi connectivity index (χ4v) is 0.380. The first kappa shape index (κ1) is 18.7. The summed E-state index contributed by atoms with van der Waals surface area (Å²) >= 11 is 0. The Labute approximate surface area is 75.9 Å². The molecule has 0 saturated heterocycles. The molecule has 13 heavy (non-hydrogen) atoms. The normalized spacial score (nSPS) is 9.62. The van der Waals surface area contributed by atoms with Crippen LogP contribution in [0.4, 0.5) is 0 Å². The van der Waals surface area contributed by atoms with Gasteiger partial charge in [0, 0.05) is 0 Å². The van der Waals surface area contributed by atoms with Crippen LogP contribution in [0.15, 0.2) is 0 Å². The van der Waals surface area contributed by atoms with Gasteiger partial charge in [0.25, 0.3) is 0 Å². The van der Waals surface area contributed by atoms with Crippen LogP contribution in [0.3, 0.4) is 0 Å². The molecule has 0 unspecified atom stereocenters. The molecular formula is C4H17N2O6P. The fourth-order valence-electron chi connectivity index (χ4n) is 0.380. The SMILES string of the molecule is O.O=P([O-])([O-])O.[NH3+]CC[NH2+]CCO. The maximum Gasteiger partial charge on any atom is 0.125 e. The Morgan fingerprint density at radius 2 is 1.77 bits per heavy atom. The summed E-state index contributed by atoms with van der Waals surface area (Å²) in [6.07, 6.45) is 0. The van der Waals surface area contributed by atoms with E-state index < -0.39 is 7.82 Å². The van der Waals surface area contributed by atoms with E-state index in [0.29, 0.717) is 0 Å². The highest BCUT2D eigenvalue weighted by molar-refractivity contribution is 7.42. The number of hydrogen-bond donors (Lipinski definition) is 4. The topological polar surface area (TPSA) is 179 Å². The third-order valence-electron chi connectivity index (χ3n) is 0.741. The minimum absolute atomic E-state index is 0. The van der Waals surface area contributed by atoms with Crippen LogP contribution in [0.5, 0.6) is 0 Å². The molecule has 9 N–H and O–H groups in total. The maximum atomic E-state index is 8.66. The Balaban J connectivity index is -0.000000150. The Bertz CT molecular complexity index is 116. The average molecular weight is 220 g/mol. The first-order chi connectivity index (χ1) is 5.41. The molecule has 0 aliphatic carbocycles. The van der Waals surface area contributed by atoms with Gasteiger partial charge in [-0.3, -0.25) is 0 Å². The smallest absolute Gasteiger partial charge is 0.125 e. The largest absolute Gasteiger partial charge is 0.790 e. The lowest BCUT2D eigenvalue weighted by molar-refractivity contribution is -0.670. The maximum absolute atomic E-state index is 8.66. The lowest BCUT2D eigenvalue weighted by atomic mass is 10.6. The molecule has 0 radical (unpaired) electrons. The van der Waals surface area contributed by atoms with Gasteiger partial charge in [0.15, 0.2) is 0 Å². The number of aliphatic hydroxyl groups excluding tert-OH is 1. The fraction of sp³-hybridized carbons (Fsp3) is 1.00. The molecule has 8 nitrogen and oxygen atoms in total. The Kier molecular flexibility index (Phi) is 17.2. The summed E-state index contributed by atoms with van der Waals surface area (Å²) in [6.45, 7) is 3.07. The number of aliphatic hydroxyl groups is 1. The molecule has 9 heteroatoms. The Morgan fingerprint density at radius 1 is 1.38 bits per heavy atom. The molecule has 0 atom stereocenters. The standard InChI is InChI=1S/C4H12N2O.H3O4P.H2O/c5-1-2-6-3-4-7;1-5(2,3)4;/h6-7H,1-5H2;(H3,1,2,3,4);1H2. The van der Waals surface area contributed by atoms with E-state index >= 15 is 0 Å². The highest BCUT2D eigenvalue weighted by Crippen LogP contribution is 2.11. The van der Waals surface area contributed by atoms with E-state index in [4.69, 9.17) is 24.4 Å². The van der Waals surface area contributed by atoms with E-state index in [2.05, 4.69) is 5.73 Å². The zero-order valence-electron chi connectivity index (χ0n) is 7.18. The minimum Gasteiger partial charge on any atom is -0.790 e. The Morgan fingerprint density at radius 3 is 2.00 bits per heavy atom. The number of hydrogen-bond acceptors (Lipinski definition) is 4. The zero-order valence-corrected chi connectivity index (χ0v) is 8.07. The second-order valence-corrected chi connectivity index (χ2v) is 2.85. The molecule has 0 rings (SSSR count). The predicted molar refractivity (Wildman–Crippen MR) is 39.9 cm³/mol. The monoisotopic (exact) mass is 220 g/mol. The lowest BCUT2D eigenvalue weighted by Crippen LogP contribution is -2.88. The molecule has 0 spiro atoms. The molecule has 0 aromatic heterocycles. The first-order valence-electron chi connectivity index (χ1n) is 3.38. The summed E-state index contributed by atoms with van der Waals surface area (Å²) in [4.78, 5) is 24.3. The van der Waals surface area contributed by atoms with E-state index in [9.17, 15) is 0 Å². The van der Waals surface area contributed by atoms with E-state index in [1.807, 2.05) is 5.32 Å². The Hall–Kier alpha value is -0.0500. The van der Waals surface area contributed by atoms with Crippen molar-refractivity contribution in [3.63, 3.8) is 0 Å². The van der Waals surface area contributed by atoms with Crippen LogP contribution in [0.25, 0.3) is 0 Å². The number of phosphoric acid groups is 1. The van der Waals surface area contributed by atoms with Gasteiger partial charge >= 0.3 is 0 Å². The lowest BCUT2D eigenvalue weighted by Gasteiger charge is -2.19. The molecule has 0 saturated carbocycles. The van der Waals surface area contributed by atoms with Gasteiger partial charge in [-0.05, 0) is 0 Å². The highest BCUT2D eigenvalue weighted by Gasteiger charge is 1.83. The summed E-state index contributed by atoms with van der Waals surface area (Å²) in [6, 6.07) is 0. The molecule has 0 heterocycles. The van der Waals surface area contributed by atoms with Crippen molar-refractivity contribution in [3.8, 4) is 0 Å². The molecule has 84 valence electrons. The highest BCUT2D eigenvalue weighted by atomic mass is 31.2. The molecular weight excluding hydrogens is 203 g/mol. The average Bonchev–Trinajstić information content (AvgIpc) is 1.85. The van der Waals surface area contributed by atoms with Crippen LogP contribution in [-0.4, -0.2) is 41.7 Å². The van der Waals surface area contributed by atoms with Crippen LogP contribution in [0.1, 0.15) is 0 Å². The second kappa shape index (κ2) is 11.9. The first-order valence-corrected chi connectivity index (χ1v) is 4.88. The summed E-state index contributed by atoms with van der Waals surface area (Å²) in [5.41, 5.74) is 3.64. The molecule has 0 fully saturated rings. The molecule has 0 aliphatic heterocycles. The van der Waals surface area contributed by atoms with Crippen LogP contribution in [0, 0.1) is 0 Å². The molecule has 0 amide bonds. The van der Waals surface area contributed by atoms with Gasteiger partial charge in [-0.2, -0.15) is 0 Å². The van der Waals surface area contributed by atoms with Crippen LogP contribution >= 0.6 is 7.82 Å². The van der Waals surface area contributed by atoms with Crippen molar-refractivity contribution in [2.75, 3.05) is 26.2 Å². The van der Waals surface area contributed by atoms with Gasteiger partial charge in [0.2, 0.25) is 0 Å². The van der Waals surface area contributed by atoms with Gasteiger partial charge < -0.3 is 40.9 Å². The van der Waals surface area contributed by atoms with Crippen LogP contribution in [-0.2, 0) is 4.57 Å². The minimum atomic E-state index is -5.14. The van der Waals surface area contributed by atoms with Crippen molar-refractivity contribution in [1.82, 2.24) is 0 Å². The van der Waals surface area contributed by atoms with Crippen LogP contribution in [0.2, 0.25) is 0 Å². The molecule has 0 bridgehead atoms. The number of rotatable bonds is 4. The number of quaternary nitrogens is 2. The van der Waals surface area contributed by atoms with Gasteiger partial charge in [-0.15, -0.1) is 0 Å². The molecule has 0 aliphatic rings. The van der Waals surface area contributed by atoms with Gasteiger partial charge in [-0.25, -0.2) is 0 Å². The second-order valence-electron chi connectivity index (χ2n) is 1.91. The van der Waals surface area contributed by atoms with Crippen molar-refractivity contribution >= 4 is 7.82 Å². The van der Waals surface area contributed by atoms with Crippen molar-refractivity contribution in [2.24, 2.45) is 0 Å². The van der Waals surface area contributed by atoms with E-state index in [0.717, 1.165) is 19.6 Å². The van der Waals surface area contributed by atoms with Gasteiger partial charge in [0.05, 0.1) is 21.0 Å². The van der Waals surface area contributed by atoms with Crippen molar-refractivity contribution in [1.29, 1.82) is 0 Å². The van der Waals surface area contributed by atoms with Crippen LogP contribution < -0.4 is 20.8 Å². The zero-order chi connectivity index (χ0) is 10.0. The van der Waals surface area contributed by atoms with Crippen molar-refractivity contribution in [3.05, 3.63) is 0 Å². The summed E-state index contributed by atoms with van der Waals surface area (Å²) in [5.74, 6) is 0. The van der Waals surface area contributed by atoms with Crippen molar-refractivity contribution in [2.45, 2.75) is 0 Å². The van der Waals surface area contributed by atoms with E-state index in [1.165, 1.54) is 0 Å². The third-order valence-corrected chi connectivity index (χ3v) is 0.741. The summed E-state index contributed by atoms with van der Waals surface area (Å²) < 4.78 is 8.66. The predicted octanol–water partition coefficient (Wildman–Crippen LogP) is -6.23. The van der Waals surface area contributed by atoms with Gasteiger partial charge in [-0.1, -0.05) is 0 Å². The van der Waals surface area contributed by atoms with Gasteiger partial charge in [0.1, 0.15) is 13.1 Å². The summed E-state index contributed by atoms with van der Waals surface area (Å²) in [5, 5.41) is 10.3. The third kappa shape index (κ3) is 75.8. The van der Waals surface area contributed by atoms with E-state index in [1.54, 1.807) is 0 Å². The van der Waals surface area contributed by atoms with Crippen molar-refractivity contribution < 1.29 is 40.9 Å². The quantitative estimate of drug-likeness (QED) is 0.271. The van der Waals surface area contributed by atoms with E-state index in [-0.39, 0.29) is 12.1 Å². The number of nitrogens with two attached hydrogens (primary N) is 1. The molecule has 0 aromatic carbocycles.